The van der Waals surface area contributed by atoms with Gasteiger partial charge in [-0.15, -0.1) is 0 Å². The third-order valence-corrected chi connectivity index (χ3v) is 4.55. The predicted molar refractivity (Wildman–Crippen MR) is 74.5 cm³/mol. The molecule has 108 valence electrons. The van der Waals surface area contributed by atoms with Crippen molar-refractivity contribution in [2.24, 2.45) is 5.92 Å². The lowest BCUT2D eigenvalue weighted by molar-refractivity contribution is -0.0699. The van der Waals surface area contributed by atoms with Crippen molar-refractivity contribution in [2.45, 2.75) is 58.3 Å². The average Bonchev–Trinajstić information content (AvgIpc) is 2.27. The van der Waals surface area contributed by atoms with Crippen LogP contribution in [0.1, 0.15) is 41.0 Å². The Kier molecular flexibility index (Phi) is 4.51. The Labute approximate surface area is 111 Å². The Hall–Kier alpha value is -0.130. The molecule has 1 saturated heterocycles. The van der Waals surface area contributed by atoms with E-state index >= 15 is 0 Å². The van der Waals surface area contributed by atoms with Crippen LogP contribution in [0.4, 0.5) is 0 Å². The minimum atomic E-state index is -2.89. The van der Waals surface area contributed by atoms with Gasteiger partial charge in [-0.3, -0.25) is 0 Å². The van der Waals surface area contributed by atoms with E-state index in [4.69, 9.17) is 4.74 Å². The smallest absolute Gasteiger partial charge is 0.147 e. The molecule has 1 heterocycles. The van der Waals surface area contributed by atoms with Gasteiger partial charge in [0.15, 0.2) is 0 Å². The molecule has 1 aliphatic heterocycles. The van der Waals surface area contributed by atoms with Gasteiger partial charge >= 0.3 is 0 Å². The summed E-state index contributed by atoms with van der Waals surface area (Å²) in [5.74, 6) is 0.358. The Morgan fingerprint density at radius 2 is 1.89 bits per heavy atom. The van der Waals surface area contributed by atoms with Crippen LogP contribution >= 0.6 is 0 Å². The molecule has 0 saturated carbocycles. The first kappa shape index (κ1) is 15.9. The molecule has 1 N–H and O–H groups in total. The van der Waals surface area contributed by atoms with E-state index in [2.05, 4.69) is 33.0 Å². The maximum Gasteiger partial charge on any atom is 0.147 e. The molecule has 1 aliphatic rings. The molecule has 0 aromatic carbocycles. The lowest BCUT2D eigenvalue weighted by Crippen LogP contribution is -2.45. The normalized spacial score (nSPS) is 28.2. The fourth-order valence-corrected chi connectivity index (χ4v) is 3.95. The van der Waals surface area contributed by atoms with Crippen LogP contribution in [0.2, 0.25) is 0 Å². The number of rotatable bonds is 5. The molecule has 0 aromatic rings. The molecular weight excluding hydrogens is 250 g/mol. The summed E-state index contributed by atoms with van der Waals surface area (Å²) in [5, 5.41) is 3.46. The van der Waals surface area contributed by atoms with Crippen molar-refractivity contribution in [3.05, 3.63) is 0 Å². The molecule has 0 aromatic heterocycles. The van der Waals surface area contributed by atoms with Gasteiger partial charge in [-0.05, 0) is 46.6 Å². The van der Waals surface area contributed by atoms with Gasteiger partial charge < -0.3 is 10.1 Å². The molecule has 0 unspecified atom stereocenters. The second-order valence-corrected chi connectivity index (χ2v) is 9.01. The highest BCUT2D eigenvalue weighted by atomic mass is 32.2. The van der Waals surface area contributed by atoms with Crippen molar-refractivity contribution >= 4 is 9.84 Å². The lowest BCUT2D eigenvalue weighted by atomic mass is 9.94. The van der Waals surface area contributed by atoms with Gasteiger partial charge in [-0.1, -0.05) is 6.92 Å². The van der Waals surface area contributed by atoms with Gasteiger partial charge in [0.25, 0.3) is 0 Å². The van der Waals surface area contributed by atoms with Crippen molar-refractivity contribution in [1.82, 2.24) is 5.32 Å². The lowest BCUT2D eigenvalue weighted by Gasteiger charge is -2.28. The van der Waals surface area contributed by atoms with Crippen molar-refractivity contribution < 1.29 is 13.2 Å². The van der Waals surface area contributed by atoms with Gasteiger partial charge in [0.2, 0.25) is 0 Å². The van der Waals surface area contributed by atoms with Crippen LogP contribution in [-0.4, -0.2) is 44.2 Å². The van der Waals surface area contributed by atoms with Crippen molar-refractivity contribution in [2.75, 3.05) is 18.6 Å². The summed E-state index contributed by atoms with van der Waals surface area (Å²) in [6.45, 7) is 11.0. The first-order valence-electron chi connectivity index (χ1n) is 6.53. The van der Waals surface area contributed by atoms with E-state index in [1.165, 1.54) is 6.26 Å². The van der Waals surface area contributed by atoms with Crippen LogP contribution in [0.25, 0.3) is 0 Å². The standard InChI is InChI=1S/C13H27NO3S/c1-10(9-18(6,15)16)8-14-11-7-12(2,3)17-13(11,4)5/h10-11,14H,7-9H2,1-6H3/t10-,11-/m0/s1. The van der Waals surface area contributed by atoms with Gasteiger partial charge in [0.1, 0.15) is 9.84 Å². The molecule has 1 fully saturated rings. The van der Waals surface area contributed by atoms with Crippen LogP contribution in [0, 0.1) is 5.92 Å². The highest BCUT2D eigenvalue weighted by Gasteiger charge is 2.45. The average molecular weight is 277 g/mol. The van der Waals surface area contributed by atoms with E-state index < -0.39 is 9.84 Å². The van der Waals surface area contributed by atoms with E-state index in [9.17, 15) is 8.42 Å². The Morgan fingerprint density at radius 1 is 1.33 bits per heavy atom. The first-order chi connectivity index (χ1) is 7.91. The van der Waals surface area contributed by atoms with Gasteiger partial charge in [-0.2, -0.15) is 0 Å². The zero-order valence-corrected chi connectivity index (χ0v) is 13.2. The highest BCUT2D eigenvalue weighted by Crippen LogP contribution is 2.37. The van der Waals surface area contributed by atoms with Gasteiger partial charge in [0.05, 0.1) is 17.0 Å². The third-order valence-electron chi connectivity index (χ3n) is 3.37. The van der Waals surface area contributed by atoms with Crippen molar-refractivity contribution in [3.8, 4) is 0 Å². The SMILES string of the molecule is C[C@@H](CN[C@H]1CC(C)(C)OC1(C)C)CS(C)(=O)=O. The zero-order valence-electron chi connectivity index (χ0n) is 12.4. The maximum absolute atomic E-state index is 11.2. The molecule has 2 atom stereocenters. The van der Waals surface area contributed by atoms with Crippen LogP contribution in [0.3, 0.4) is 0 Å². The van der Waals surface area contributed by atoms with Crippen LogP contribution < -0.4 is 5.32 Å². The summed E-state index contributed by atoms with van der Waals surface area (Å²) < 4.78 is 28.4. The summed E-state index contributed by atoms with van der Waals surface area (Å²) in [6.07, 6.45) is 2.24. The van der Waals surface area contributed by atoms with Crippen molar-refractivity contribution in [3.63, 3.8) is 0 Å². The van der Waals surface area contributed by atoms with E-state index in [1.54, 1.807) is 0 Å². The molecule has 18 heavy (non-hydrogen) atoms. The minimum absolute atomic E-state index is 0.110. The van der Waals surface area contributed by atoms with E-state index in [-0.39, 0.29) is 28.9 Å². The van der Waals surface area contributed by atoms with Crippen LogP contribution in [-0.2, 0) is 14.6 Å². The number of ether oxygens (including phenoxy) is 1. The Balaban J connectivity index is 2.49. The molecule has 0 radical (unpaired) electrons. The molecule has 1 rings (SSSR count). The summed E-state index contributed by atoms with van der Waals surface area (Å²) in [7, 11) is -2.89. The molecular formula is C13H27NO3S. The second-order valence-electron chi connectivity index (χ2n) is 6.83. The topological polar surface area (TPSA) is 55.4 Å². The van der Waals surface area contributed by atoms with E-state index in [1.807, 2.05) is 6.92 Å². The predicted octanol–water partition coefficient (Wildman–Crippen LogP) is 1.60. The zero-order chi connectivity index (χ0) is 14.2. The molecule has 5 heteroatoms. The summed E-state index contributed by atoms with van der Waals surface area (Å²) in [6, 6.07) is 0.273. The third kappa shape index (κ3) is 4.86. The number of hydrogen-bond donors (Lipinski definition) is 1. The number of hydrogen-bond acceptors (Lipinski definition) is 4. The Bertz CT molecular complexity index is 387. The molecule has 0 spiro atoms. The van der Waals surface area contributed by atoms with Gasteiger partial charge in [0, 0.05) is 12.3 Å². The number of sulfone groups is 1. The molecule has 0 bridgehead atoms. The number of nitrogens with one attached hydrogen (secondary N) is 1. The molecule has 0 amide bonds. The summed E-state index contributed by atoms with van der Waals surface area (Å²) >= 11 is 0. The second kappa shape index (κ2) is 5.10. The first-order valence-corrected chi connectivity index (χ1v) is 8.59. The maximum atomic E-state index is 11.2. The monoisotopic (exact) mass is 277 g/mol. The van der Waals surface area contributed by atoms with E-state index in [0.29, 0.717) is 6.54 Å². The minimum Gasteiger partial charge on any atom is -0.368 e. The van der Waals surface area contributed by atoms with Gasteiger partial charge in [-0.25, -0.2) is 8.42 Å². The van der Waals surface area contributed by atoms with Crippen LogP contribution in [0.5, 0.6) is 0 Å². The van der Waals surface area contributed by atoms with E-state index in [0.717, 1.165) is 6.42 Å². The Morgan fingerprint density at radius 3 is 2.28 bits per heavy atom. The molecule has 4 nitrogen and oxygen atoms in total. The van der Waals surface area contributed by atoms with Crippen molar-refractivity contribution in [1.29, 1.82) is 0 Å². The van der Waals surface area contributed by atoms with Crippen LogP contribution in [0.15, 0.2) is 0 Å². The highest BCUT2D eigenvalue weighted by molar-refractivity contribution is 7.90. The fraction of sp³-hybridized carbons (Fsp3) is 1.00. The molecule has 0 aliphatic carbocycles. The fourth-order valence-electron chi connectivity index (χ4n) is 2.80. The largest absolute Gasteiger partial charge is 0.368 e. The summed E-state index contributed by atoms with van der Waals surface area (Å²) in [4.78, 5) is 0. The summed E-state index contributed by atoms with van der Waals surface area (Å²) in [5.41, 5.74) is -0.310. The quantitative estimate of drug-likeness (QED) is 0.829.